The van der Waals surface area contributed by atoms with Crippen LogP contribution >= 0.6 is 0 Å². The third-order valence-corrected chi connectivity index (χ3v) is 5.94. The molecule has 0 amide bonds. The molecule has 2 N–H and O–H groups in total. The van der Waals surface area contributed by atoms with E-state index in [0.29, 0.717) is 12.1 Å². The highest BCUT2D eigenvalue weighted by molar-refractivity contribution is 7.89. The molecule has 112 valence electrons. The van der Waals surface area contributed by atoms with E-state index in [9.17, 15) is 12.8 Å². The maximum atomic E-state index is 14.0. The molecule has 6 heteroatoms. The number of hydrogen-bond acceptors (Lipinski definition) is 3. The number of nitrogens with zero attached hydrogens (tertiary/aromatic N) is 1. The molecule has 2 unspecified atom stereocenters. The summed E-state index contributed by atoms with van der Waals surface area (Å²) in [7, 11) is -3.84. The molecule has 1 aromatic carbocycles. The van der Waals surface area contributed by atoms with Gasteiger partial charge in [0, 0.05) is 18.6 Å². The number of aryl methyl sites for hydroxylation is 1. The molecule has 0 aromatic heterocycles. The topological polar surface area (TPSA) is 63.4 Å². The fourth-order valence-electron chi connectivity index (χ4n) is 2.82. The Kier molecular flexibility index (Phi) is 4.46. The molecular weight excluding hydrogens is 279 g/mol. The van der Waals surface area contributed by atoms with Crippen LogP contribution in [0.25, 0.3) is 0 Å². The van der Waals surface area contributed by atoms with Crippen molar-refractivity contribution in [3.63, 3.8) is 0 Å². The Balaban J connectivity index is 2.48. The van der Waals surface area contributed by atoms with Crippen LogP contribution in [0.5, 0.6) is 0 Å². The van der Waals surface area contributed by atoms with E-state index < -0.39 is 15.8 Å². The van der Waals surface area contributed by atoms with Gasteiger partial charge in [-0.25, -0.2) is 12.8 Å². The van der Waals surface area contributed by atoms with Crippen LogP contribution in [0.3, 0.4) is 0 Å². The van der Waals surface area contributed by atoms with Gasteiger partial charge in [0.2, 0.25) is 10.0 Å². The Labute approximate surface area is 119 Å². The molecule has 4 nitrogen and oxygen atoms in total. The number of piperidine rings is 1. The quantitative estimate of drug-likeness (QED) is 0.929. The number of nitrogens with two attached hydrogens (primary N) is 1. The van der Waals surface area contributed by atoms with Crippen molar-refractivity contribution in [1.82, 2.24) is 4.31 Å². The molecule has 1 aliphatic heterocycles. The van der Waals surface area contributed by atoms with Gasteiger partial charge >= 0.3 is 0 Å². The Hall–Kier alpha value is -0.980. The molecule has 1 fully saturated rings. The summed E-state index contributed by atoms with van der Waals surface area (Å²) in [5.41, 5.74) is 6.34. The van der Waals surface area contributed by atoms with Gasteiger partial charge in [-0.2, -0.15) is 4.31 Å². The van der Waals surface area contributed by atoms with Crippen LogP contribution in [0.4, 0.5) is 4.39 Å². The molecule has 1 heterocycles. The van der Waals surface area contributed by atoms with E-state index >= 15 is 0 Å². The molecule has 20 heavy (non-hydrogen) atoms. The second-order valence-electron chi connectivity index (χ2n) is 5.42. The molecule has 2 atom stereocenters. The molecule has 1 saturated heterocycles. The first-order valence-corrected chi connectivity index (χ1v) is 8.32. The lowest BCUT2D eigenvalue weighted by Crippen LogP contribution is -2.51. The van der Waals surface area contributed by atoms with E-state index in [-0.39, 0.29) is 17.0 Å². The predicted octanol–water partition coefficient (Wildman–Crippen LogP) is 2.02. The summed E-state index contributed by atoms with van der Waals surface area (Å²) in [5, 5.41) is 0. The zero-order valence-electron chi connectivity index (χ0n) is 11.8. The van der Waals surface area contributed by atoms with Crippen LogP contribution in [-0.4, -0.2) is 31.4 Å². The monoisotopic (exact) mass is 300 g/mol. The Morgan fingerprint density at radius 2 is 2.10 bits per heavy atom. The third kappa shape index (κ3) is 2.73. The summed E-state index contributed by atoms with van der Waals surface area (Å²) in [4.78, 5) is -0.215. The molecular formula is C14H21FN2O2S. The van der Waals surface area contributed by atoms with Gasteiger partial charge in [-0.3, -0.25) is 0 Å². The van der Waals surface area contributed by atoms with E-state index in [2.05, 4.69) is 0 Å². The molecule has 0 bridgehead atoms. The summed E-state index contributed by atoms with van der Waals surface area (Å²) in [6.45, 7) is 3.82. The average molecular weight is 300 g/mol. The SMILES string of the molecule is Cc1cccc(F)c1S(=O)(=O)N1CCCCC1C(C)N. The molecule has 1 aromatic rings. The van der Waals surface area contributed by atoms with E-state index in [1.165, 1.54) is 16.4 Å². The van der Waals surface area contributed by atoms with Gasteiger partial charge in [-0.1, -0.05) is 18.6 Å². The van der Waals surface area contributed by atoms with Gasteiger partial charge in [0.25, 0.3) is 0 Å². The summed E-state index contributed by atoms with van der Waals surface area (Å²) >= 11 is 0. The highest BCUT2D eigenvalue weighted by Gasteiger charge is 2.37. The highest BCUT2D eigenvalue weighted by Crippen LogP contribution is 2.29. The predicted molar refractivity (Wildman–Crippen MR) is 76.3 cm³/mol. The summed E-state index contributed by atoms with van der Waals surface area (Å²) in [6.07, 6.45) is 2.47. The average Bonchev–Trinajstić information content (AvgIpc) is 2.38. The first kappa shape index (κ1) is 15.4. The van der Waals surface area contributed by atoms with Crippen LogP contribution in [-0.2, 0) is 10.0 Å². The standard InChI is InChI=1S/C14H21FN2O2S/c1-10-6-5-7-12(15)14(10)20(18,19)17-9-4-3-8-13(17)11(2)16/h5-7,11,13H,3-4,8-9,16H2,1-2H3. The summed E-state index contributed by atoms with van der Waals surface area (Å²) < 4.78 is 40.9. The van der Waals surface area contributed by atoms with E-state index in [1.807, 2.05) is 0 Å². The minimum atomic E-state index is -3.84. The highest BCUT2D eigenvalue weighted by atomic mass is 32.2. The van der Waals surface area contributed by atoms with Crippen molar-refractivity contribution in [2.75, 3.05) is 6.54 Å². The maximum Gasteiger partial charge on any atom is 0.246 e. The number of benzene rings is 1. The third-order valence-electron chi connectivity index (χ3n) is 3.84. The largest absolute Gasteiger partial charge is 0.326 e. The first-order valence-electron chi connectivity index (χ1n) is 6.88. The van der Waals surface area contributed by atoms with Crippen LogP contribution in [0.1, 0.15) is 31.7 Å². The fourth-order valence-corrected chi connectivity index (χ4v) is 4.86. The second-order valence-corrected chi connectivity index (χ2v) is 7.25. The van der Waals surface area contributed by atoms with Gasteiger partial charge in [0.05, 0.1) is 0 Å². The van der Waals surface area contributed by atoms with Gasteiger partial charge in [0.1, 0.15) is 10.7 Å². The van der Waals surface area contributed by atoms with Gasteiger partial charge in [-0.05, 0) is 38.3 Å². The fraction of sp³-hybridized carbons (Fsp3) is 0.571. The lowest BCUT2D eigenvalue weighted by Gasteiger charge is -2.37. The normalized spacial score (nSPS) is 22.7. The van der Waals surface area contributed by atoms with E-state index in [0.717, 1.165) is 19.3 Å². The molecule has 0 radical (unpaired) electrons. The van der Waals surface area contributed by atoms with Crippen LogP contribution < -0.4 is 5.73 Å². The van der Waals surface area contributed by atoms with Gasteiger partial charge in [0.15, 0.2) is 0 Å². The molecule has 1 aliphatic rings. The number of halogens is 1. The van der Waals surface area contributed by atoms with Crippen LogP contribution in [0.15, 0.2) is 23.1 Å². The molecule has 2 rings (SSSR count). The number of sulfonamides is 1. The summed E-state index contributed by atoms with van der Waals surface area (Å²) in [5.74, 6) is -0.695. The van der Waals surface area contributed by atoms with Crippen LogP contribution in [0.2, 0.25) is 0 Å². The lowest BCUT2D eigenvalue weighted by atomic mass is 10.00. The Morgan fingerprint density at radius 3 is 2.70 bits per heavy atom. The van der Waals surface area contributed by atoms with Crippen molar-refractivity contribution >= 4 is 10.0 Å². The van der Waals surface area contributed by atoms with Crippen LogP contribution in [0, 0.1) is 12.7 Å². The molecule has 0 spiro atoms. The zero-order valence-corrected chi connectivity index (χ0v) is 12.7. The van der Waals surface area contributed by atoms with Crippen molar-refractivity contribution in [3.05, 3.63) is 29.6 Å². The molecule has 0 saturated carbocycles. The Bertz CT molecular complexity index is 567. The van der Waals surface area contributed by atoms with Crippen molar-refractivity contribution in [2.45, 2.75) is 50.1 Å². The smallest absolute Gasteiger partial charge is 0.246 e. The van der Waals surface area contributed by atoms with Gasteiger partial charge in [-0.15, -0.1) is 0 Å². The van der Waals surface area contributed by atoms with E-state index in [4.69, 9.17) is 5.73 Å². The number of rotatable bonds is 3. The first-order chi connectivity index (χ1) is 9.35. The minimum absolute atomic E-state index is 0.215. The maximum absolute atomic E-state index is 14.0. The van der Waals surface area contributed by atoms with Gasteiger partial charge < -0.3 is 5.73 Å². The lowest BCUT2D eigenvalue weighted by molar-refractivity contribution is 0.226. The van der Waals surface area contributed by atoms with E-state index in [1.54, 1.807) is 19.9 Å². The second kappa shape index (κ2) is 5.79. The minimum Gasteiger partial charge on any atom is -0.326 e. The summed E-state index contributed by atoms with van der Waals surface area (Å²) in [6, 6.07) is 3.79. The van der Waals surface area contributed by atoms with Crippen molar-refractivity contribution in [1.29, 1.82) is 0 Å². The Morgan fingerprint density at radius 1 is 1.40 bits per heavy atom. The zero-order chi connectivity index (χ0) is 14.9. The van der Waals surface area contributed by atoms with Crippen molar-refractivity contribution in [2.24, 2.45) is 5.73 Å². The molecule has 0 aliphatic carbocycles. The van der Waals surface area contributed by atoms with Crippen molar-refractivity contribution in [3.8, 4) is 0 Å². The number of hydrogen-bond donors (Lipinski definition) is 1. The van der Waals surface area contributed by atoms with Crippen molar-refractivity contribution < 1.29 is 12.8 Å².